The first-order valence-electron chi connectivity index (χ1n) is 10.5. The predicted molar refractivity (Wildman–Crippen MR) is 123 cm³/mol. The highest BCUT2D eigenvalue weighted by molar-refractivity contribution is 7.89. The highest BCUT2D eigenvalue weighted by atomic mass is 32.2. The van der Waals surface area contributed by atoms with Crippen molar-refractivity contribution in [3.05, 3.63) is 59.0 Å². The van der Waals surface area contributed by atoms with Crippen molar-refractivity contribution in [3.63, 3.8) is 0 Å². The van der Waals surface area contributed by atoms with Gasteiger partial charge >= 0.3 is 0 Å². The zero-order valence-electron chi connectivity index (χ0n) is 17.6. The van der Waals surface area contributed by atoms with Crippen molar-refractivity contribution >= 4 is 32.4 Å². The number of fused-ring (bicyclic) bond motifs is 3. The summed E-state index contributed by atoms with van der Waals surface area (Å²) < 4.78 is 32.8. The summed E-state index contributed by atoms with van der Waals surface area (Å²) in [7, 11) is -2.27. The molecule has 0 bridgehead atoms. The number of rotatable bonds is 5. The third-order valence-corrected chi connectivity index (χ3v) is 8.95. The van der Waals surface area contributed by atoms with E-state index in [2.05, 4.69) is 22.4 Å². The lowest BCUT2D eigenvalue weighted by molar-refractivity contribution is -0.119. The van der Waals surface area contributed by atoms with Gasteiger partial charge in [-0.15, -0.1) is 11.3 Å². The average molecular weight is 470 g/mol. The Labute approximate surface area is 191 Å². The normalized spacial score (nSPS) is 18.1. The topological polar surface area (TPSA) is 88.6 Å². The predicted octanol–water partition coefficient (Wildman–Crippen LogP) is 3.71. The van der Waals surface area contributed by atoms with E-state index in [1.54, 1.807) is 12.1 Å². The number of hydrogen-bond donors (Lipinski definition) is 1. The van der Waals surface area contributed by atoms with Crippen LogP contribution < -0.4 is 10.1 Å². The zero-order valence-corrected chi connectivity index (χ0v) is 19.2. The van der Waals surface area contributed by atoms with E-state index in [0.29, 0.717) is 30.3 Å². The van der Waals surface area contributed by atoms with E-state index < -0.39 is 16.1 Å². The molecule has 1 unspecified atom stereocenters. The van der Waals surface area contributed by atoms with Crippen LogP contribution in [0.15, 0.2) is 53.4 Å². The fourth-order valence-corrected chi connectivity index (χ4v) is 7.00. The molecule has 2 aliphatic rings. The van der Waals surface area contributed by atoms with Gasteiger partial charge in [-0.2, -0.15) is 4.31 Å². The van der Waals surface area contributed by atoms with Crippen LogP contribution >= 0.6 is 11.3 Å². The fourth-order valence-electron chi connectivity index (χ4n) is 4.36. The van der Waals surface area contributed by atoms with Gasteiger partial charge in [0.05, 0.1) is 17.7 Å². The molecule has 1 atom stereocenters. The lowest BCUT2D eigenvalue weighted by atomic mass is 9.94. The Morgan fingerprint density at radius 3 is 2.72 bits per heavy atom. The molecule has 3 aromatic rings. The van der Waals surface area contributed by atoms with Crippen LogP contribution in [0.5, 0.6) is 5.75 Å². The van der Waals surface area contributed by atoms with Gasteiger partial charge in [0.25, 0.3) is 0 Å². The van der Waals surface area contributed by atoms with E-state index in [-0.39, 0.29) is 10.8 Å². The maximum absolute atomic E-state index is 13.2. The second-order valence-electron chi connectivity index (χ2n) is 7.89. The minimum absolute atomic E-state index is 0.152. The second-order valence-corrected chi connectivity index (χ2v) is 10.9. The van der Waals surface area contributed by atoms with Gasteiger partial charge in [0.2, 0.25) is 15.9 Å². The van der Waals surface area contributed by atoms with E-state index in [4.69, 9.17) is 4.74 Å². The standard InChI is InChI=1S/C23H23N3O4S2/c1-30-16-9-11-17(12-10-16)32(28,29)26-14-4-7-19(26)22(27)25-23-24-21-18-6-3-2-5-15(18)8-13-20(21)31-23/h2-3,5-6,9-12,19H,4,7-8,13-14H2,1H3,(H,24,25,27). The van der Waals surface area contributed by atoms with Crippen LogP contribution in [0.4, 0.5) is 5.13 Å². The van der Waals surface area contributed by atoms with Crippen LogP contribution in [0.3, 0.4) is 0 Å². The number of aromatic nitrogens is 1. The van der Waals surface area contributed by atoms with Gasteiger partial charge in [0.1, 0.15) is 11.8 Å². The SMILES string of the molecule is COc1ccc(S(=O)(=O)N2CCCC2C(=O)Nc2nc3c(s2)CCc2ccccc2-3)cc1. The molecule has 166 valence electrons. The van der Waals surface area contributed by atoms with Crippen molar-refractivity contribution in [1.82, 2.24) is 9.29 Å². The minimum atomic E-state index is -3.79. The number of thiazole rings is 1. The van der Waals surface area contributed by atoms with Gasteiger partial charge in [-0.05, 0) is 55.5 Å². The molecule has 1 aliphatic carbocycles. The van der Waals surface area contributed by atoms with Gasteiger partial charge < -0.3 is 10.1 Å². The quantitative estimate of drug-likeness (QED) is 0.615. The second kappa shape index (κ2) is 8.31. The van der Waals surface area contributed by atoms with Crippen molar-refractivity contribution in [2.45, 2.75) is 36.6 Å². The smallest absolute Gasteiger partial charge is 0.244 e. The molecule has 1 amide bonds. The van der Waals surface area contributed by atoms with Crippen LogP contribution in [0, 0.1) is 0 Å². The summed E-state index contributed by atoms with van der Waals surface area (Å²) in [4.78, 5) is 19.1. The Balaban J connectivity index is 1.36. The van der Waals surface area contributed by atoms with Crippen molar-refractivity contribution in [1.29, 1.82) is 0 Å². The van der Waals surface area contributed by atoms with Gasteiger partial charge in [0.15, 0.2) is 5.13 Å². The third-order valence-electron chi connectivity index (χ3n) is 5.99. The summed E-state index contributed by atoms with van der Waals surface area (Å²) in [5, 5.41) is 3.40. The van der Waals surface area contributed by atoms with Crippen LogP contribution in [-0.4, -0.2) is 43.3 Å². The summed E-state index contributed by atoms with van der Waals surface area (Å²) in [5.74, 6) is 0.243. The van der Waals surface area contributed by atoms with Gasteiger partial charge in [0, 0.05) is 17.0 Å². The molecule has 9 heteroatoms. The maximum atomic E-state index is 13.2. The Kier molecular flexibility index (Phi) is 5.48. The molecule has 0 spiro atoms. The molecule has 0 radical (unpaired) electrons. The first-order chi connectivity index (χ1) is 15.5. The number of benzene rings is 2. The highest BCUT2D eigenvalue weighted by Gasteiger charge is 2.39. The summed E-state index contributed by atoms with van der Waals surface area (Å²) in [5.41, 5.74) is 3.28. The lowest BCUT2D eigenvalue weighted by Crippen LogP contribution is -2.43. The molecule has 2 aromatic carbocycles. The maximum Gasteiger partial charge on any atom is 0.244 e. The summed E-state index contributed by atoms with van der Waals surface area (Å²) in [6.07, 6.45) is 2.96. The number of amides is 1. The van der Waals surface area contributed by atoms with Crippen molar-refractivity contribution in [2.75, 3.05) is 19.0 Å². The van der Waals surface area contributed by atoms with Crippen LogP contribution in [-0.2, 0) is 27.7 Å². The van der Waals surface area contributed by atoms with Gasteiger partial charge in [-0.25, -0.2) is 13.4 Å². The van der Waals surface area contributed by atoms with E-state index >= 15 is 0 Å². The molecule has 0 saturated carbocycles. The first kappa shape index (κ1) is 21.1. The number of anilines is 1. The van der Waals surface area contributed by atoms with Crippen LogP contribution in [0.1, 0.15) is 23.3 Å². The van der Waals surface area contributed by atoms with E-state index in [9.17, 15) is 13.2 Å². The van der Waals surface area contributed by atoms with Gasteiger partial charge in [-0.3, -0.25) is 4.79 Å². The monoisotopic (exact) mass is 469 g/mol. The first-order valence-corrected chi connectivity index (χ1v) is 12.8. The number of nitrogens with one attached hydrogen (secondary N) is 1. The Morgan fingerprint density at radius 2 is 1.94 bits per heavy atom. The van der Waals surface area contributed by atoms with Crippen LogP contribution in [0.25, 0.3) is 11.3 Å². The van der Waals surface area contributed by atoms with E-state index in [1.807, 2.05) is 12.1 Å². The molecule has 2 heterocycles. The number of ether oxygens (including phenoxy) is 1. The molecule has 1 aliphatic heterocycles. The third kappa shape index (κ3) is 3.70. The minimum Gasteiger partial charge on any atom is -0.497 e. The van der Waals surface area contributed by atoms with Gasteiger partial charge in [-0.1, -0.05) is 24.3 Å². The average Bonchev–Trinajstić information content (AvgIpc) is 3.46. The number of carbonyl (C=O) groups is 1. The Morgan fingerprint density at radius 1 is 1.16 bits per heavy atom. The van der Waals surface area contributed by atoms with E-state index in [1.165, 1.54) is 40.4 Å². The number of sulfonamides is 1. The number of hydrogen-bond acceptors (Lipinski definition) is 6. The summed E-state index contributed by atoms with van der Waals surface area (Å²) in [6.45, 7) is 0.314. The zero-order chi connectivity index (χ0) is 22.3. The number of nitrogens with zero attached hydrogens (tertiary/aromatic N) is 2. The number of aryl methyl sites for hydroxylation is 2. The van der Waals surface area contributed by atoms with Crippen molar-refractivity contribution < 1.29 is 17.9 Å². The molecule has 1 fully saturated rings. The molecule has 1 saturated heterocycles. The van der Waals surface area contributed by atoms with E-state index in [0.717, 1.165) is 29.0 Å². The van der Waals surface area contributed by atoms with Crippen LogP contribution in [0.2, 0.25) is 0 Å². The fraction of sp³-hybridized carbons (Fsp3) is 0.304. The van der Waals surface area contributed by atoms with Crippen molar-refractivity contribution in [2.24, 2.45) is 0 Å². The molecule has 32 heavy (non-hydrogen) atoms. The molecular formula is C23H23N3O4S2. The molecule has 5 rings (SSSR count). The molecule has 7 nitrogen and oxygen atoms in total. The molecular weight excluding hydrogens is 446 g/mol. The molecule has 1 aromatic heterocycles. The number of carbonyl (C=O) groups excluding carboxylic acids is 1. The Bertz CT molecular complexity index is 1270. The number of methoxy groups -OCH3 is 1. The van der Waals surface area contributed by atoms with Crippen molar-refractivity contribution in [3.8, 4) is 17.0 Å². The lowest BCUT2D eigenvalue weighted by Gasteiger charge is -2.23. The summed E-state index contributed by atoms with van der Waals surface area (Å²) >= 11 is 1.47. The highest BCUT2D eigenvalue weighted by Crippen LogP contribution is 2.38. The molecule has 1 N–H and O–H groups in total. The summed E-state index contributed by atoms with van der Waals surface area (Å²) in [6, 6.07) is 13.7. The Hall–Kier alpha value is -2.75. The largest absolute Gasteiger partial charge is 0.497 e.